The number of nitrogens with one attached hydrogen (secondary N) is 2. The summed E-state index contributed by atoms with van der Waals surface area (Å²) in [5.74, 6) is -1.20. The first kappa shape index (κ1) is 18.4. The molecule has 4 nitrogen and oxygen atoms in total. The number of hydrogen-bond donors (Lipinski definition) is 2. The molecule has 0 saturated heterocycles. The molecule has 2 amide bonds. The van der Waals surface area contributed by atoms with Gasteiger partial charge in [-0.25, -0.2) is 4.39 Å². The van der Waals surface area contributed by atoms with Crippen LogP contribution < -0.4 is 10.6 Å². The summed E-state index contributed by atoms with van der Waals surface area (Å²) in [6.45, 7) is 6.80. The van der Waals surface area contributed by atoms with Gasteiger partial charge in [0, 0.05) is 11.7 Å². The number of amides is 2. The first-order valence-corrected chi connectivity index (χ1v) is 8.69. The molecule has 2 rings (SSSR count). The summed E-state index contributed by atoms with van der Waals surface area (Å²) in [5, 5.41) is 5.22. The normalized spacial score (nSPS) is 21.2. The monoisotopic (exact) mass is 334 g/mol. The summed E-state index contributed by atoms with van der Waals surface area (Å²) in [6.07, 6.45) is 5.07. The third kappa shape index (κ3) is 4.79. The number of benzene rings is 1. The number of halogens is 1. The lowest BCUT2D eigenvalue weighted by atomic mass is 9.69. The second-order valence-corrected chi connectivity index (χ2v) is 7.33. The summed E-state index contributed by atoms with van der Waals surface area (Å²) >= 11 is 0. The molecule has 0 heterocycles. The molecule has 2 N–H and O–H groups in total. The maximum absolute atomic E-state index is 13.1. The van der Waals surface area contributed by atoms with Gasteiger partial charge in [0.15, 0.2) is 0 Å². The lowest BCUT2D eigenvalue weighted by Crippen LogP contribution is -2.44. The van der Waals surface area contributed by atoms with Crippen LogP contribution in [0.3, 0.4) is 0 Å². The van der Waals surface area contributed by atoms with E-state index >= 15 is 0 Å². The minimum atomic E-state index is -0.753. The Morgan fingerprint density at radius 3 is 2.42 bits per heavy atom. The van der Waals surface area contributed by atoms with Crippen molar-refractivity contribution >= 4 is 17.5 Å². The third-order valence-corrected chi connectivity index (χ3v) is 5.37. The van der Waals surface area contributed by atoms with Crippen LogP contribution in [0.15, 0.2) is 24.3 Å². The molecule has 1 aliphatic carbocycles. The molecular formula is C19H27FN2O2. The van der Waals surface area contributed by atoms with Crippen molar-refractivity contribution < 1.29 is 14.0 Å². The van der Waals surface area contributed by atoms with Crippen molar-refractivity contribution in [3.8, 4) is 0 Å². The molecule has 1 aromatic rings. The lowest BCUT2D eigenvalue weighted by molar-refractivity contribution is -0.136. The number of carbonyl (C=O) groups is 2. The summed E-state index contributed by atoms with van der Waals surface area (Å²) in [6, 6.07) is 5.54. The van der Waals surface area contributed by atoms with Gasteiger partial charge in [0.2, 0.25) is 0 Å². The van der Waals surface area contributed by atoms with Gasteiger partial charge < -0.3 is 10.6 Å². The van der Waals surface area contributed by atoms with E-state index in [9.17, 15) is 14.0 Å². The van der Waals surface area contributed by atoms with Crippen molar-refractivity contribution in [1.29, 1.82) is 0 Å². The lowest BCUT2D eigenvalue weighted by Gasteiger charge is -2.39. The van der Waals surface area contributed by atoms with E-state index in [1.807, 2.05) is 0 Å². The quantitative estimate of drug-likeness (QED) is 0.821. The molecule has 0 atom stereocenters. The molecule has 0 spiro atoms. The zero-order chi connectivity index (χ0) is 17.7. The molecule has 1 aliphatic rings. The molecule has 0 aliphatic heterocycles. The van der Waals surface area contributed by atoms with E-state index in [1.165, 1.54) is 18.2 Å². The summed E-state index contributed by atoms with van der Waals surface area (Å²) in [7, 11) is 0. The fourth-order valence-electron chi connectivity index (χ4n) is 3.31. The van der Waals surface area contributed by atoms with E-state index in [2.05, 4.69) is 31.4 Å². The largest absolute Gasteiger partial charge is 0.345 e. The number of rotatable bonds is 4. The van der Waals surface area contributed by atoms with Gasteiger partial charge in [-0.3, -0.25) is 9.59 Å². The SMILES string of the molecule is CCC(C)(C)C1CCC(NC(=O)C(=O)Nc2cccc(F)c2)CC1. The first-order chi connectivity index (χ1) is 11.3. The number of hydrogen-bond acceptors (Lipinski definition) is 2. The summed E-state index contributed by atoms with van der Waals surface area (Å²) < 4.78 is 13.1. The van der Waals surface area contributed by atoms with E-state index in [4.69, 9.17) is 0 Å². The highest BCUT2D eigenvalue weighted by atomic mass is 19.1. The van der Waals surface area contributed by atoms with Crippen molar-refractivity contribution in [2.45, 2.75) is 58.9 Å². The van der Waals surface area contributed by atoms with Gasteiger partial charge in [0.25, 0.3) is 0 Å². The third-order valence-electron chi connectivity index (χ3n) is 5.37. The van der Waals surface area contributed by atoms with Crippen LogP contribution in [0.4, 0.5) is 10.1 Å². The molecular weight excluding hydrogens is 307 g/mol. The van der Waals surface area contributed by atoms with Crippen molar-refractivity contribution in [2.24, 2.45) is 11.3 Å². The van der Waals surface area contributed by atoms with Crippen LogP contribution in [0.1, 0.15) is 52.9 Å². The van der Waals surface area contributed by atoms with Gasteiger partial charge in [-0.1, -0.05) is 33.3 Å². The Bertz CT molecular complexity index is 593. The number of anilines is 1. The predicted octanol–water partition coefficient (Wildman–Crippen LogP) is 3.88. The van der Waals surface area contributed by atoms with Crippen LogP contribution in [-0.2, 0) is 9.59 Å². The van der Waals surface area contributed by atoms with Crippen molar-refractivity contribution in [3.05, 3.63) is 30.1 Å². The first-order valence-electron chi connectivity index (χ1n) is 8.69. The van der Waals surface area contributed by atoms with Crippen LogP contribution >= 0.6 is 0 Å². The van der Waals surface area contributed by atoms with E-state index in [0.717, 1.165) is 32.1 Å². The van der Waals surface area contributed by atoms with Crippen LogP contribution in [0.2, 0.25) is 0 Å². The predicted molar refractivity (Wildman–Crippen MR) is 93.0 cm³/mol. The Labute approximate surface area is 143 Å². The molecule has 0 radical (unpaired) electrons. The van der Waals surface area contributed by atoms with E-state index in [-0.39, 0.29) is 11.7 Å². The second-order valence-electron chi connectivity index (χ2n) is 7.33. The van der Waals surface area contributed by atoms with Gasteiger partial charge >= 0.3 is 11.8 Å². The fraction of sp³-hybridized carbons (Fsp3) is 0.579. The molecule has 0 aromatic heterocycles. The van der Waals surface area contributed by atoms with E-state index in [1.54, 1.807) is 6.07 Å². The zero-order valence-corrected chi connectivity index (χ0v) is 14.7. The Morgan fingerprint density at radius 1 is 1.17 bits per heavy atom. The van der Waals surface area contributed by atoms with Crippen LogP contribution in [-0.4, -0.2) is 17.9 Å². The van der Waals surface area contributed by atoms with Gasteiger partial charge in [-0.05, 0) is 55.2 Å². The number of carbonyl (C=O) groups excluding carboxylic acids is 2. The second kappa shape index (κ2) is 7.77. The molecule has 0 unspecified atom stereocenters. The summed E-state index contributed by atoms with van der Waals surface area (Å²) in [4.78, 5) is 23.9. The molecule has 0 bridgehead atoms. The van der Waals surface area contributed by atoms with Gasteiger partial charge in [-0.2, -0.15) is 0 Å². The average Bonchev–Trinajstić information content (AvgIpc) is 2.55. The molecule has 1 aromatic carbocycles. The van der Waals surface area contributed by atoms with Crippen LogP contribution in [0.5, 0.6) is 0 Å². The smallest absolute Gasteiger partial charge is 0.313 e. The molecule has 1 saturated carbocycles. The topological polar surface area (TPSA) is 58.2 Å². The van der Waals surface area contributed by atoms with Crippen molar-refractivity contribution in [3.63, 3.8) is 0 Å². The van der Waals surface area contributed by atoms with Crippen LogP contribution in [0.25, 0.3) is 0 Å². The maximum Gasteiger partial charge on any atom is 0.313 e. The van der Waals surface area contributed by atoms with E-state index in [0.29, 0.717) is 11.3 Å². The Morgan fingerprint density at radius 2 is 1.83 bits per heavy atom. The Balaban J connectivity index is 1.82. The van der Waals surface area contributed by atoms with Gasteiger partial charge in [0.1, 0.15) is 5.82 Å². The molecule has 24 heavy (non-hydrogen) atoms. The Hall–Kier alpha value is -1.91. The van der Waals surface area contributed by atoms with Gasteiger partial charge in [-0.15, -0.1) is 0 Å². The van der Waals surface area contributed by atoms with Crippen LogP contribution in [0, 0.1) is 17.2 Å². The standard InChI is InChI=1S/C19H27FN2O2/c1-4-19(2,3)13-8-10-15(11-9-13)21-17(23)18(24)22-16-7-5-6-14(20)12-16/h5-7,12-13,15H,4,8-11H2,1-3H3,(H,21,23)(H,22,24). The van der Waals surface area contributed by atoms with Crippen molar-refractivity contribution in [1.82, 2.24) is 5.32 Å². The highest BCUT2D eigenvalue weighted by Gasteiger charge is 2.32. The van der Waals surface area contributed by atoms with Crippen molar-refractivity contribution in [2.75, 3.05) is 5.32 Å². The van der Waals surface area contributed by atoms with E-state index < -0.39 is 17.6 Å². The summed E-state index contributed by atoms with van der Waals surface area (Å²) in [5.41, 5.74) is 0.604. The molecule has 132 valence electrons. The highest BCUT2D eigenvalue weighted by molar-refractivity contribution is 6.39. The van der Waals surface area contributed by atoms with Gasteiger partial charge in [0.05, 0.1) is 0 Å². The molecule has 5 heteroatoms. The highest BCUT2D eigenvalue weighted by Crippen LogP contribution is 2.40. The fourth-order valence-corrected chi connectivity index (χ4v) is 3.31. The average molecular weight is 334 g/mol. The maximum atomic E-state index is 13.1. The molecule has 1 fully saturated rings. The Kier molecular flexibility index (Phi) is 5.97. The minimum Gasteiger partial charge on any atom is -0.345 e. The minimum absolute atomic E-state index is 0.0414. The zero-order valence-electron chi connectivity index (χ0n) is 14.7.